The highest BCUT2D eigenvalue weighted by Crippen LogP contribution is 2.22. The average molecular weight is 260 g/mol. The summed E-state index contributed by atoms with van der Waals surface area (Å²) in [6.07, 6.45) is 0. The van der Waals surface area contributed by atoms with Gasteiger partial charge in [-0.05, 0) is 26.0 Å². The second-order valence-electron chi connectivity index (χ2n) is 4.16. The molecule has 1 aromatic carbocycles. The van der Waals surface area contributed by atoms with Gasteiger partial charge in [-0.2, -0.15) is 4.98 Å². The molecule has 5 heteroatoms. The number of nitrogen functional groups attached to an aromatic ring is 1. The third kappa shape index (κ3) is 2.99. The van der Waals surface area contributed by atoms with Gasteiger partial charge in [0.05, 0.1) is 5.69 Å². The summed E-state index contributed by atoms with van der Waals surface area (Å²) in [6, 6.07) is 7.95. The maximum Gasteiger partial charge on any atom is 0.227 e. The molecule has 1 heterocycles. The average Bonchev–Trinajstić information content (AvgIpc) is 2.39. The molecule has 4 nitrogen and oxygen atoms in total. The minimum absolute atomic E-state index is 0.293. The zero-order chi connectivity index (χ0) is 13.8. The summed E-state index contributed by atoms with van der Waals surface area (Å²) >= 11 is 0. The second kappa shape index (κ2) is 5.65. The van der Waals surface area contributed by atoms with E-state index in [0.29, 0.717) is 23.0 Å². The molecule has 0 radical (unpaired) electrons. The largest absolute Gasteiger partial charge is 0.384 e. The first-order valence-corrected chi connectivity index (χ1v) is 6.29. The van der Waals surface area contributed by atoms with Crippen LogP contribution in [-0.4, -0.2) is 23.1 Å². The third-order valence-corrected chi connectivity index (χ3v) is 2.90. The smallest absolute Gasteiger partial charge is 0.227 e. The quantitative estimate of drug-likeness (QED) is 0.918. The lowest BCUT2D eigenvalue weighted by Crippen LogP contribution is -2.24. The fraction of sp³-hybridized carbons (Fsp3) is 0.286. The van der Waals surface area contributed by atoms with Gasteiger partial charge < -0.3 is 10.6 Å². The Labute approximate surface area is 112 Å². The third-order valence-electron chi connectivity index (χ3n) is 2.90. The predicted octanol–water partition coefficient (Wildman–Crippen LogP) is 2.71. The van der Waals surface area contributed by atoms with Crippen LogP contribution < -0.4 is 10.6 Å². The normalized spacial score (nSPS) is 10.5. The Balaban J connectivity index is 2.47. The summed E-state index contributed by atoms with van der Waals surface area (Å²) < 4.78 is 13.3. The number of hydrogen-bond acceptors (Lipinski definition) is 4. The van der Waals surface area contributed by atoms with Crippen LogP contribution in [0.3, 0.4) is 0 Å². The summed E-state index contributed by atoms with van der Waals surface area (Å²) in [6.45, 7) is 5.64. The Morgan fingerprint density at radius 1 is 1.16 bits per heavy atom. The highest BCUT2D eigenvalue weighted by Gasteiger charge is 2.10. The maximum atomic E-state index is 13.3. The molecular weight excluding hydrogens is 243 g/mol. The van der Waals surface area contributed by atoms with Gasteiger partial charge >= 0.3 is 0 Å². The molecule has 0 amide bonds. The molecule has 0 aliphatic rings. The molecular formula is C14H17FN4. The van der Waals surface area contributed by atoms with Gasteiger partial charge in [0.2, 0.25) is 5.95 Å². The van der Waals surface area contributed by atoms with E-state index in [1.165, 1.54) is 12.1 Å². The monoisotopic (exact) mass is 260 g/mol. The Kier molecular flexibility index (Phi) is 3.94. The van der Waals surface area contributed by atoms with Gasteiger partial charge in [0.15, 0.2) is 0 Å². The van der Waals surface area contributed by atoms with Crippen LogP contribution in [-0.2, 0) is 0 Å². The van der Waals surface area contributed by atoms with Crippen molar-refractivity contribution >= 4 is 11.8 Å². The van der Waals surface area contributed by atoms with Crippen molar-refractivity contribution in [2.45, 2.75) is 13.8 Å². The van der Waals surface area contributed by atoms with Crippen LogP contribution in [0.4, 0.5) is 16.2 Å². The molecule has 0 unspecified atom stereocenters. The molecule has 2 rings (SSSR count). The van der Waals surface area contributed by atoms with Crippen LogP contribution in [0.5, 0.6) is 0 Å². The molecule has 0 aliphatic carbocycles. The van der Waals surface area contributed by atoms with Gasteiger partial charge in [-0.15, -0.1) is 0 Å². The van der Waals surface area contributed by atoms with Crippen molar-refractivity contribution in [2.24, 2.45) is 0 Å². The van der Waals surface area contributed by atoms with Gasteiger partial charge in [-0.3, -0.25) is 0 Å². The highest BCUT2D eigenvalue weighted by molar-refractivity contribution is 5.63. The molecule has 0 aliphatic heterocycles. The molecule has 0 atom stereocenters. The first-order valence-electron chi connectivity index (χ1n) is 6.29. The zero-order valence-corrected chi connectivity index (χ0v) is 11.1. The van der Waals surface area contributed by atoms with Crippen molar-refractivity contribution in [1.82, 2.24) is 9.97 Å². The predicted molar refractivity (Wildman–Crippen MR) is 75.4 cm³/mol. The summed E-state index contributed by atoms with van der Waals surface area (Å²) in [7, 11) is 0. The number of aromatic nitrogens is 2. The van der Waals surface area contributed by atoms with Gasteiger partial charge in [-0.1, -0.05) is 12.1 Å². The second-order valence-corrected chi connectivity index (χ2v) is 4.16. The minimum Gasteiger partial charge on any atom is -0.384 e. The minimum atomic E-state index is -0.293. The fourth-order valence-electron chi connectivity index (χ4n) is 1.90. The van der Waals surface area contributed by atoms with E-state index in [1.54, 1.807) is 18.2 Å². The number of hydrogen-bond donors (Lipinski definition) is 1. The summed E-state index contributed by atoms with van der Waals surface area (Å²) in [5, 5.41) is 0. The molecule has 0 fully saturated rings. The van der Waals surface area contributed by atoms with Crippen molar-refractivity contribution in [1.29, 1.82) is 0 Å². The number of rotatable bonds is 4. The standard InChI is InChI=1S/C14H17FN4/c1-3-19(4-2)14-17-12(9-13(16)18-14)10-6-5-7-11(15)8-10/h5-9H,3-4H2,1-2H3,(H2,16,17,18). The van der Waals surface area contributed by atoms with Crippen molar-refractivity contribution in [3.63, 3.8) is 0 Å². The van der Waals surface area contributed by atoms with Gasteiger partial charge in [-0.25, -0.2) is 9.37 Å². The van der Waals surface area contributed by atoms with E-state index in [-0.39, 0.29) is 5.82 Å². The van der Waals surface area contributed by atoms with Crippen LogP contribution in [0.25, 0.3) is 11.3 Å². The fourth-order valence-corrected chi connectivity index (χ4v) is 1.90. The summed E-state index contributed by atoms with van der Waals surface area (Å²) in [4.78, 5) is 10.7. The van der Waals surface area contributed by atoms with Gasteiger partial charge in [0.25, 0.3) is 0 Å². The van der Waals surface area contributed by atoms with E-state index < -0.39 is 0 Å². The zero-order valence-electron chi connectivity index (χ0n) is 11.1. The molecule has 0 spiro atoms. The number of nitrogens with zero attached hydrogens (tertiary/aromatic N) is 3. The lowest BCUT2D eigenvalue weighted by Gasteiger charge is -2.19. The number of halogens is 1. The molecule has 0 saturated carbocycles. The highest BCUT2D eigenvalue weighted by atomic mass is 19.1. The van der Waals surface area contributed by atoms with Crippen LogP contribution in [0, 0.1) is 5.82 Å². The summed E-state index contributed by atoms with van der Waals surface area (Å²) in [5.74, 6) is 0.666. The topological polar surface area (TPSA) is 55.0 Å². The Morgan fingerprint density at radius 2 is 1.89 bits per heavy atom. The maximum absolute atomic E-state index is 13.3. The van der Waals surface area contributed by atoms with Gasteiger partial charge in [0.1, 0.15) is 11.6 Å². The van der Waals surface area contributed by atoms with E-state index in [0.717, 1.165) is 13.1 Å². The van der Waals surface area contributed by atoms with E-state index >= 15 is 0 Å². The molecule has 2 N–H and O–H groups in total. The first kappa shape index (κ1) is 13.3. The number of anilines is 2. The Hall–Kier alpha value is -2.17. The van der Waals surface area contributed by atoms with E-state index in [1.807, 2.05) is 18.7 Å². The molecule has 0 saturated heterocycles. The Bertz CT molecular complexity index is 567. The van der Waals surface area contributed by atoms with Crippen molar-refractivity contribution < 1.29 is 4.39 Å². The molecule has 100 valence electrons. The van der Waals surface area contributed by atoms with Crippen LogP contribution in [0.1, 0.15) is 13.8 Å². The summed E-state index contributed by atoms with van der Waals surface area (Å²) in [5.41, 5.74) is 7.14. The molecule has 19 heavy (non-hydrogen) atoms. The molecule has 0 bridgehead atoms. The Morgan fingerprint density at radius 3 is 2.53 bits per heavy atom. The van der Waals surface area contributed by atoms with Crippen LogP contribution in [0.15, 0.2) is 30.3 Å². The van der Waals surface area contributed by atoms with Crippen molar-refractivity contribution in [3.8, 4) is 11.3 Å². The van der Waals surface area contributed by atoms with E-state index in [4.69, 9.17) is 5.73 Å². The van der Waals surface area contributed by atoms with Gasteiger partial charge in [0, 0.05) is 24.7 Å². The SMILES string of the molecule is CCN(CC)c1nc(N)cc(-c2cccc(F)c2)n1. The lowest BCUT2D eigenvalue weighted by molar-refractivity contribution is 0.628. The number of nitrogens with two attached hydrogens (primary N) is 1. The van der Waals surface area contributed by atoms with Crippen molar-refractivity contribution in [2.75, 3.05) is 23.7 Å². The van der Waals surface area contributed by atoms with E-state index in [9.17, 15) is 4.39 Å². The van der Waals surface area contributed by atoms with Crippen LogP contribution >= 0.6 is 0 Å². The number of benzene rings is 1. The van der Waals surface area contributed by atoms with E-state index in [2.05, 4.69) is 9.97 Å². The molecule has 2 aromatic rings. The lowest BCUT2D eigenvalue weighted by atomic mass is 10.1. The van der Waals surface area contributed by atoms with Crippen LogP contribution in [0.2, 0.25) is 0 Å². The first-order chi connectivity index (χ1) is 9.13. The molecule has 1 aromatic heterocycles. The van der Waals surface area contributed by atoms with Crippen molar-refractivity contribution in [3.05, 3.63) is 36.1 Å².